The smallest absolute Gasteiger partial charge is 0.252 e. The van der Waals surface area contributed by atoms with Gasteiger partial charge < -0.3 is 31.6 Å². The van der Waals surface area contributed by atoms with Crippen LogP contribution in [-0.4, -0.2) is 68.4 Å². The second-order valence-electron chi connectivity index (χ2n) is 16.4. The van der Waals surface area contributed by atoms with Crippen LogP contribution in [-0.2, 0) is 26.7 Å². The molecule has 0 saturated heterocycles. The van der Waals surface area contributed by atoms with Crippen molar-refractivity contribution in [3.8, 4) is 11.5 Å². The van der Waals surface area contributed by atoms with E-state index in [1.165, 1.54) is 69.9 Å². The number of Topliss-reactive ketones (excluding diaryl/α,β-unsaturated/α-hetero) is 1. The maximum Gasteiger partial charge on any atom is 0.252 e. The molecular formula is C52H46N8O9S2. The molecule has 6 aromatic carbocycles. The molecule has 17 nitrogen and oxygen atoms in total. The van der Waals surface area contributed by atoms with E-state index < -0.39 is 31.5 Å². The number of fused-ring (bicyclic) bond motifs is 3. The maximum atomic E-state index is 13.5. The maximum absolute atomic E-state index is 13.5. The van der Waals surface area contributed by atoms with Gasteiger partial charge in [-0.3, -0.25) is 29.0 Å². The van der Waals surface area contributed by atoms with Crippen LogP contribution in [0.25, 0.3) is 32.7 Å². The number of aryl methyl sites for hydroxylation is 3. The van der Waals surface area contributed by atoms with Crippen LogP contribution in [0.1, 0.15) is 49.1 Å². The summed E-state index contributed by atoms with van der Waals surface area (Å²) in [5.41, 5.74) is 17.1. The molecule has 360 valence electrons. The number of pyridine rings is 2. The third-order valence-electron chi connectivity index (χ3n) is 11.7. The largest absolute Gasteiger partial charge is 0.497 e. The predicted octanol–water partition coefficient (Wildman–Crippen LogP) is 8.54. The number of hydrogen-bond acceptors (Lipinski definition) is 14. The number of carbonyl (C=O) groups excluding carboxylic acids is 3. The highest BCUT2D eigenvalue weighted by atomic mass is 32.2. The van der Waals surface area contributed by atoms with Crippen LogP contribution in [0.3, 0.4) is 0 Å². The molecule has 0 aliphatic carbocycles. The number of ether oxygens (including phenoxy) is 2. The highest BCUT2D eigenvalue weighted by molar-refractivity contribution is 7.91. The van der Waals surface area contributed by atoms with Gasteiger partial charge >= 0.3 is 0 Å². The number of nitrogens with zero attached hydrogens (tertiary/aromatic N) is 4. The fourth-order valence-corrected chi connectivity index (χ4v) is 10.7. The van der Waals surface area contributed by atoms with Crippen LogP contribution < -0.4 is 31.6 Å². The van der Waals surface area contributed by atoms with Crippen LogP contribution in [0.5, 0.6) is 11.5 Å². The topological polar surface area (TPSA) is 258 Å². The number of hydrogen-bond donors (Lipinski definition) is 4. The van der Waals surface area contributed by atoms with Gasteiger partial charge in [0, 0.05) is 52.5 Å². The van der Waals surface area contributed by atoms with Crippen LogP contribution >= 0.6 is 0 Å². The molecule has 0 bridgehead atoms. The molecule has 0 aliphatic heterocycles. The van der Waals surface area contributed by atoms with Crippen molar-refractivity contribution in [2.24, 2.45) is 18.5 Å². The van der Waals surface area contributed by atoms with Crippen molar-refractivity contribution in [2.45, 2.75) is 40.4 Å². The number of methoxy groups -OCH3 is 2. The van der Waals surface area contributed by atoms with Crippen LogP contribution in [0, 0.1) is 13.8 Å². The Balaban J connectivity index is 0.000000191. The van der Waals surface area contributed by atoms with E-state index in [0.29, 0.717) is 72.7 Å². The Bertz CT molecular complexity index is 3840. The first-order valence-corrected chi connectivity index (χ1v) is 24.6. The summed E-state index contributed by atoms with van der Waals surface area (Å²) < 4.78 is 65.8. The van der Waals surface area contributed by atoms with Crippen molar-refractivity contribution in [3.05, 3.63) is 162 Å². The van der Waals surface area contributed by atoms with Gasteiger partial charge in [0.1, 0.15) is 11.5 Å². The van der Waals surface area contributed by atoms with E-state index in [1.54, 1.807) is 85.4 Å². The molecule has 3 heterocycles. The van der Waals surface area contributed by atoms with Crippen molar-refractivity contribution >= 4 is 92.7 Å². The number of ketones is 1. The van der Waals surface area contributed by atoms with E-state index in [0.717, 1.165) is 10.9 Å². The summed E-state index contributed by atoms with van der Waals surface area (Å²) in [5.74, 6) is -0.448. The molecule has 9 aromatic rings. The van der Waals surface area contributed by atoms with Gasteiger partial charge in [-0.05, 0) is 135 Å². The fourth-order valence-electron chi connectivity index (χ4n) is 7.96. The van der Waals surface area contributed by atoms with Gasteiger partial charge in [0.25, 0.3) is 11.8 Å². The standard InChI is InChI=1S/C26H23N5O4S.C26H23N3O5S/c1-15-10-20(36(33,34)19-8-6-18(35-3)7-9-19)12-21-24(15)28-14-22(26(27)32)25(21)30-17-5-4-16-13-29-31(2)23(16)11-17;1-15-11-21(35(32,33)20-9-7-19(34-3)8-10-20)13-22-24(15)28-14-23(26(27)31)25(22)29-18-6-4-5-17(12-18)16(2)30/h4-14H,1-3H3,(H2,27,32)(H,28,30);4-14H,1-3H3,(H2,27,31)(H,28,29). The van der Waals surface area contributed by atoms with Crippen LogP contribution in [0.4, 0.5) is 22.7 Å². The summed E-state index contributed by atoms with van der Waals surface area (Å²) in [5, 5.41) is 12.5. The third kappa shape index (κ3) is 9.68. The Hall–Kier alpha value is -8.68. The van der Waals surface area contributed by atoms with Gasteiger partial charge in [-0.1, -0.05) is 12.1 Å². The van der Waals surface area contributed by atoms with Crippen molar-refractivity contribution < 1.29 is 40.7 Å². The van der Waals surface area contributed by atoms with Crippen LogP contribution in [0.15, 0.2) is 153 Å². The normalized spacial score (nSPS) is 11.5. The summed E-state index contributed by atoms with van der Waals surface area (Å²) >= 11 is 0. The monoisotopic (exact) mass is 990 g/mol. The molecule has 19 heteroatoms. The molecule has 9 rings (SSSR count). The molecule has 0 saturated carbocycles. The highest BCUT2D eigenvalue weighted by Gasteiger charge is 2.25. The summed E-state index contributed by atoms with van der Waals surface area (Å²) in [6.45, 7) is 4.97. The molecule has 3 aromatic heterocycles. The average Bonchev–Trinajstić information content (AvgIpc) is 3.73. The highest BCUT2D eigenvalue weighted by Crippen LogP contribution is 2.37. The third-order valence-corrected chi connectivity index (χ3v) is 15.2. The quantitative estimate of drug-likeness (QED) is 0.0790. The molecule has 71 heavy (non-hydrogen) atoms. The Morgan fingerprint density at radius 3 is 1.48 bits per heavy atom. The first-order valence-electron chi connectivity index (χ1n) is 21.6. The van der Waals surface area contributed by atoms with E-state index in [4.69, 9.17) is 20.9 Å². The molecule has 0 fully saturated rings. The number of sulfone groups is 2. The molecule has 0 radical (unpaired) electrons. The Labute approximate surface area is 408 Å². The number of rotatable bonds is 13. The van der Waals surface area contributed by atoms with Gasteiger partial charge in [-0.25, -0.2) is 16.8 Å². The molecular weight excluding hydrogens is 945 g/mol. The molecule has 0 unspecified atom stereocenters. The molecule has 0 atom stereocenters. The summed E-state index contributed by atoms with van der Waals surface area (Å²) in [6, 6.07) is 30.8. The SMILES string of the molecule is COc1ccc(S(=O)(=O)c2cc(C)c3ncc(C(N)=O)c(Nc4ccc5cnn(C)c5c4)c3c2)cc1.COc1ccc(S(=O)(=O)c2cc(C)c3ncc(C(N)=O)c(Nc4cccc(C(C)=O)c4)c3c2)cc1. The fraction of sp³-hybridized carbons (Fsp3) is 0.115. The Kier molecular flexibility index (Phi) is 13.3. The lowest BCUT2D eigenvalue weighted by Gasteiger charge is -2.16. The minimum atomic E-state index is -3.89. The van der Waals surface area contributed by atoms with Gasteiger partial charge in [0.15, 0.2) is 5.78 Å². The number of primary amides is 2. The number of benzene rings is 6. The second kappa shape index (κ2) is 19.4. The second-order valence-corrected chi connectivity index (χ2v) is 20.3. The Morgan fingerprint density at radius 1 is 0.577 bits per heavy atom. The van der Waals surface area contributed by atoms with Crippen molar-refractivity contribution in [1.29, 1.82) is 0 Å². The summed E-state index contributed by atoms with van der Waals surface area (Å²) in [6.07, 6.45) is 4.52. The Morgan fingerprint density at radius 2 is 1.04 bits per heavy atom. The zero-order valence-electron chi connectivity index (χ0n) is 39.1. The number of aromatic nitrogens is 4. The zero-order chi connectivity index (χ0) is 50.9. The van der Waals surface area contributed by atoms with E-state index in [9.17, 15) is 31.2 Å². The summed E-state index contributed by atoms with van der Waals surface area (Å²) in [4.78, 5) is 45.5. The number of nitrogens with one attached hydrogen (secondary N) is 2. The lowest BCUT2D eigenvalue weighted by atomic mass is 10.0. The van der Waals surface area contributed by atoms with Gasteiger partial charge in [0.2, 0.25) is 19.7 Å². The first-order chi connectivity index (χ1) is 33.8. The lowest BCUT2D eigenvalue weighted by Crippen LogP contribution is -2.14. The zero-order valence-corrected chi connectivity index (χ0v) is 40.8. The summed E-state index contributed by atoms with van der Waals surface area (Å²) in [7, 11) is -2.91. The predicted molar refractivity (Wildman–Crippen MR) is 271 cm³/mol. The number of carbonyl (C=O) groups is 3. The van der Waals surface area contributed by atoms with Crippen molar-refractivity contribution in [3.63, 3.8) is 0 Å². The van der Waals surface area contributed by atoms with E-state index in [2.05, 4.69) is 25.7 Å². The van der Waals surface area contributed by atoms with E-state index >= 15 is 0 Å². The number of amides is 2. The first kappa shape index (κ1) is 48.8. The van der Waals surface area contributed by atoms with Crippen molar-refractivity contribution in [1.82, 2.24) is 19.7 Å². The number of nitrogens with two attached hydrogens (primary N) is 2. The molecule has 0 spiro atoms. The molecule has 6 N–H and O–H groups in total. The van der Waals surface area contributed by atoms with Gasteiger partial charge in [0.05, 0.1) is 79.1 Å². The minimum Gasteiger partial charge on any atom is -0.497 e. The van der Waals surface area contributed by atoms with Gasteiger partial charge in [-0.2, -0.15) is 5.10 Å². The lowest BCUT2D eigenvalue weighted by molar-refractivity contribution is 0.0992. The number of anilines is 4. The van der Waals surface area contributed by atoms with Crippen LogP contribution in [0.2, 0.25) is 0 Å². The van der Waals surface area contributed by atoms with Gasteiger partial charge in [-0.15, -0.1) is 0 Å². The van der Waals surface area contributed by atoms with Crippen molar-refractivity contribution in [2.75, 3.05) is 24.9 Å². The molecule has 2 amide bonds. The minimum absolute atomic E-state index is 0.0385. The van der Waals surface area contributed by atoms with E-state index in [1.807, 2.05) is 25.2 Å². The average molecular weight is 991 g/mol. The van der Waals surface area contributed by atoms with E-state index in [-0.39, 0.29) is 36.5 Å². The molecule has 0 aliphatic rings.